The van der Waals surface area contributed by atoms with Gasteiger partial charge in [0.2, 0.25) is 0 Å². The molecular weight excluding hydrogens is 239 g/mol. The van der Waals surface area contributed by atoms with Crippen molar-refractivity contribution in [2.75, 3.05) is 0 Å². The van der Waals surface area contributed by atoms with Gasteiger partial charge in [0.05, 0.1) is 5.92 Å². The molecule has 1 saturated carbocycles. The van der Waals surface area contributed by atoms with E-state index in [4.69, 9.17) is 10.0 Å². The molecule has 7 heteroatoms. The Bertz CT molecular complexity index is 436. The molecule has 0 amide bonds. The molecule has 2 N–H and O–H groups in total. The molecule has 0 spiro atoms. The monoisotopic (exact) mass is 248 g/mol. The van der Waals surface area contributed by atoms with Gasteiger partial charge < -0.3 is 10.0 Å². The molecule has 17 heavy (non-hydrogen) atoms. The molecule has 0 saturated heterocycles. The van der Waals surface area contributed by atoms with Gasteiger partial charge in [-0.15, -0.1) is 0 Å². The average Bonchev–Trinajstić information content (AvgIpc) is 2.26. The standard InChI is InChI=1S/C10H9BF4O2/c12-9(13)5-8(10(9,14)15)6-2-1-3-7(4-6)11(16)17/h1-4,8,16-17H,5H2. The first-order chi connectivity index (χ1) is 7.75. The number of benzene rings is 1. The Morgan fingerprint density at radius 2 is 1.82 bits per heavy atom. The Morgan fingerprint density at radius 3 is 2.29 bits per heavy atom. The van der Waals surface area contributed by atoms with Gasteiger partial charge in [-0.2, -0.15) is 17.6 Å². The summed E-state index contributed by atoms with van der Waals surface area (Å²) in [5.74, 6) is -9.63. The van der Waals surface area contributed by atoms with Crippen molar-refractivity contribution in [2.24, 2.45) is 0 Å². The molecule has 1 unspecified atom stereocenters. The van der Waals surface area contributed by atoms with Crippen LogP contribution in [0.1, 0.15) is 17.9 Å². The summed E-state index contributed by atoms with van der Waals surface area (Å²) in [7, 11) is -1.80. The first-order valence-corrected chi connectivity index (χ1v) is 4.97. The molecule has 1 aromatic carbocycles. The smallest absolute Gasteiger partial charge is 0.423 e. The highest BCUT2D eigenvalue weighted by atomic mass is 19.3. The first kappa shape index (κ1) is 12.4. The molecular formula is C10H9BF4O2. The van der Waals surface area contributed by atoms with Crippen LogP contribution < -0.4 is 5.46 Å². The fourth-order valence-corrected chi connectivity index (χ4v) is 1.91. The van der Waals surface area contributed by atoms with E-state index < -0.39 is 31.3 Å². The van der Waals surface area contributed by atoms with E-state index in [1.807, 2.05) is 0 Å². The van der Waals surface area contributed by atoms with E-state index in [1.165, 1.54) is 18.2 Å². The minimum Gasteiger partial charge on any atom is -0.423 e. The highest BCUT2D eigenvalue weighted by molar-refractivity contribution is 6.58. The van der Waals surface area contributed by atoms with Gasteiger partial charge >= 0.3 is 19.0 Å². The van der Waals surface area contributed by atoms with Crippen LogP contribution in [0.3, 0.4) is 0 Å². The largest absolute Gasteiger partial charge is 0.488 e. The van der Waals surface area contributed by atoms with Crippen molar-refractivity contribution >= 4 is 12.6 Å². The van der Waals surface area contributed by atoms with Crippen LogP contribution in [0.25, 0.3) is 0 Å². The quantitative estimate of drug-likeness (QED) is 0.608. The van der Waals surface area contributed by atoms with Crippen LogP contribution >= 0.6 is 0 Å². The summed E-state index contributed by atoms with van der Waals surface area (Å²) in [6.45, 7) is 0. The molecule has 1 fully saturated rings. The molecule has 0 heterocycles. The van der Waals surface area contributed by atoms with Gasteiger partial charge in [-0.05, 0) is 11.0 Å². The SMILES string of the molecule is OB(O)c1cccc(C2CC(F)(F)C2(F)F)c1. The topological polar surface area (TPSA) is 40.5 Å². The lowest BCUT2D eigenvalue weighted by atomic mass is 9.70. The van der Waals surface area contributed by atoms with Gasteiger partial charge in [0.15, 0.2) is 0 Å². The molecule has 2 nitrogen and oxygen atoms in total. The first-order valence-electron chi connectivity index (χ1n) is 4.97. The fraction of sp³-hybridized carbons (Fsp3) is 0.400. The van der Waals surface area contributed by atoms with Crippen LogP contribution in [-0.2, 0) is 0 Å². The van der Waals surface area contributed by atoms with Crippen LogP contribution in [0.4, 0.5) is 17.6 Å². The minimum atomic E-state index is -4.08. The molecule has 92 valence electrons. The number of halogens is 4. The Morgan fingerprint density at radius 1 is 1.18 bits per heavy atom. The summed E-state index contributed by atoms with van der Waals surface area (Å²) in [6, 6.07) is 5.04. The summed E-state index contributed by atoms with van der Waals surface area (Å²) in [6.07, 6.45) is -0.926. The van der Waals surface area contributed by atoms with E-state index in [0.717, 1.165) is 6.07 Å². The highest BCUT2D eigenvalue weighted by Crippen LogP contribution is 2.59. The molecule has 1 atom stereocenters. The summed E-state index contributed by atoms with van der Waals surface area (Å²) < 4.78 is 51.6. The Kier molecular flexibility index (Phi) is 2.70. The van der Waals surface area contributed by atoms with Crippen LogP contribution in [0, 0.1) is 0 Å². The molecule has 0 bridgehead atoms. The van der Waals surface area contributed by atoms with Crippen molar-refractivity contribution in [3.8, 4) is 0 Å². The van der Waals surface area contributed by atoms with Crippen LogP contribution in [0.2, 0.25) is 0 Å². The molecule has 0 aliphatic heterocycles. The van der Waals surface area contributed by atoms with Crippen LogP contribution in [0.15, 0.2) is 24.3 Å². The molecule has 0 aromatic heterocycles. The van der Waals surface area contributed by atoms with Gasteiger partial charge in [-0.25, -0.2) is 0 Å². The third kappa shape index (κ3) is 1.83. The number of alkyl halides is 4. The van der Waals surface area contributed by atoms with Gasteiger partial charge in [0.25, 0.3) is 0 Å². The average molecular weight is 248 g/mol. The second-order valence-corrected chi connectivity index (χ2v) is 4.13. The van der Waals surface area contributed by atoms with Crippen molar-refractivity contribution in [1.29, 1.82) is 0 Å². The van der Waals surface area contributed by atoms with Crippen molar-refractivity contribution < 1.29 is 27.6 Å². The van der Waals surface area contributed by atoms with Gasteiger partial charge in [0, 0.05) is 6.42 Å². The Balaban J connectivity index is 2.29. The molecule has 1 aliphatic carbocycles. The van der Waals surface area contributed by atoms with E-state index >= 15 is 0 Å². The Labute approximate surface area is 95.0 Å². The maximum absolute atomic E-state index is 13.1. The zero-order chi connectivity index (χ0) is 12.8. The fourth-order valence-electron chi connectivity index (χ4n) is 1.91. The predicted molar refractivity (Wildman–Crippen MR) is 53.5 cm³/mol. The second kappa shape index (κ2) is 3.71. The summed E-state index contributed by atoms with van der Waals surface area (Å²) >= 11 is 0. The molecule has 2 rings (SSSR count). The van der Waals surface area contributed by atoms with Crippen molar-refractivity contribution in [1.82, 2.24) is 0 Å². The summed E-state index contributed by atoms with van der Waals surface area (Å²) in [4.78, 5) is 0. The van der Waals surface area contributed by atoms with Crippen LogP contribution in [-0.4, -0.2) is 29.0 Å². The third-order valence-corrected chi connectivity index (χ3v) is 3.00. The van der Waals surface area contributed by atoms with E-state index in [-0.39, 0.29) is 11.0 Å². The van der Waals surface area contributed by atoms with Crippen molar-refractivity contribution in [3.63, 3.8) is 0 Å². The normalized spacial score (nSPS) is 25.2. The van der Waals surface area contributed by atoms with E-state index in [0.29, 0.717) is 0 Å². The minimum absolute atomic E-state index is 0.00785. The van der Waals surface area contributed by atoms with E-state index in [2.05, 4.69) is 0 Å². The van der Waals surface area contributed by atoms with Gasteiger partial charge in [-0.3, -0.25) is 0 Å². The Hall–Kier alpha value is -1.08. The third-order valence-electron chi connectivity index (χ3n) is 3.00. The van der Waals surface area contributed by atoms with Gasteiger partial charge in [-0.1, -0.05) is 24.3 Å². The van der Waals surface area contributed by atoms with Crippen molar-refractivity contribution in [3.05, 3.63) is 29.8 Å². The summed E-state index contributed by atoms with van der Waals surface area (Å²) in [5, 5.41) is 17.7. The van der Waals surface area contributed by atoms with E-state index in [1.54, 1.807) is 0 Å². The molecule has 1 aromatic rings. The lowest BCUT2D eigenvalue weighted by Crippen LogP contribution is -2.57. The van der Waals surface area contributed by atoms with Gasteiger partial charge in [0.1, 0.15) is 0 Å². The lowest BCUT2D eigenvalue weighted by molar-refractivity contribution is -0.290. The van der Waals surface area contributed by atoms with Crippen LogP contribution in [0.5, 0.6) is 0 Å². The number of hydrogen-bond acceptors (Lipinski definition) is 2. The molecule has 0 radical (unpaired) electrons. The lowest BCUT2D eigenvalue weighted by Gasteiger charge is -2.44. The second-order valence-electron chi connectivity index (χ2n) is 4.13. The highest BCUT2D eigenvalue weighted by Gasteiger charge is 2.71. The maximum Gasteiger partial charge on any atom is 0.488 e. The predicted octanol–water partition coefficient (Wildman–Crippen LogP) is 1.12. The zero-order valence-electron chi connectivity index (χ0n) is 8.58. The van der Waals surface area contributed by atoms with E-state index in [9.17, 15) is 17.6 Å². The number of rotatable bonds is 2. The molecule has 1 aliphatic rings. The maximum atomic E-state index is 13.1. The number of hydrogen-bond donors (Lipinski definition) is 2. The van der Waals surface area contributed by atoms with Crippen molar-refractivity contribution in [2.45, 2.75) is 24.2 Å². The summed E-state index contributed by atoms with van der Waals surface area (Å²) in [5.41, 5.74) is 0.0000383. The zero-order valence-corrected chi connectivity index (χ0v) is 8.58.